The number of para-hydroxylation sites is 1. The lowest BCUT2D eigenvalue weighted by Gasteiger charge is -2.33. The van der Waals surface area contributed by atoms with Gasteiger partial charge in [0.1, 0.15) is 12.7 Å². The number of aromatic nitrogens is 3. The highest BCUT2D eigenvalue weighted by Crippen LogP contribution is 2.19. The van der Waals surface area contributed by atoms with E-state index in [1.165, 1.54) is 0 Å². The average Bonchev–Trinajstić information content (AvgIpc) is 3.27. The van der Waals surface area contributed by atoms with E-state index in [2.05, 4.69) is 9.97 Å². The molecule has 1 unspecified atom stereocenters. The molecule has 0 radical (unpaired) electrons. The van der Waals surface area contributed by atoms with Crippen molar-refractivity contribution in [3.63, 3.8) is 0 Å². The van der Waals surface area contributed by atoms with Gasteiger partial charge in [0.05, 0.1) is 24.4 Å². The summed E-state index contributed by atoms with van der Waals surface area (Å²) in [5.74, 6) is -0.0106. The monoisotopic (exact) mass is 364 g/mol. The van der Waals surface area contributed by atoms with E-state index < -0.39 is 0 Å². The fourth-order valence-electron chi connectivity index (χ4n) is 3.08. The maximum atomic E-state index is 13.1. The zero-order valence-corrected chi connectivity index (χ0v) is 14.8. The third-order valence-corrected chi connectivity index (χ3v) is 4.38. The molecule has 27 heavy (non-hydrogen) atoms. The van der Waals surface area contributed by atoms with E-state index in [-0.39, 0.29) is 12.0 Å². The Morgan fingerprint density at radius 3 is 2.70 bits per heavy atom. The first-order valence-corrected chi connectivity index (χ1v) is 8.84. The van der Waals surface area contributed by atoms with Crippen molar-refractivity contribution in [3.05, 3.63) is 72.8 Å². The number of benzene rings is 1. The van der Waals surface area contributed by atoms with Crippen LogP contribution in [0.5, 0.6) is 6.01 Å². The highest BCUT2D eigenvalue weighted by Gasteiger charge is 2.27. The lowest BCUT2D eigenvalue weighted by molar-refractivity contribution is -0.0413. The smallest absolute Gasteiger partial charge is 0.316 e. The van der Waals surface area contributed by atoms with Crippen molar-refractivity contribution in [2.75, 3.05) is 26.3 Å². The first kappa shape index (κ1) is 17.2. The van der Waals surface area contributed by atoms with Gasteiger partial charge < -0.3 is 18.9 Å². The largest absolute Gasteiger partial charge is 0.461 e. The molecule has 0 saturated carbocycles. The van der Waals surface area contributed by atoms with Gasteiger partial charge in [0.2, 0.25) is 0 Å². The number of carbonyl (C=O) groups is 1. The summed E-state index contributed by atoms with van der Waals surface area (Å²) in [6, 6.07) is 13.5. The first-order chi connectivity index (χ1) is 13.3. The summed E-state index contributed by atoms with van der Waals surface area (Å²) in [4.78, 5) is 23.0. The molecule has 0 spiro atoms. The van der Waals surface area contributed by atoms with E-state index >= 15 is 0 Å². The maximum absolute atomic E-state index is 13.1. The molecule has 3 aromatic rings. The lowest BCUT2D eigenvalue weighted by Crippen LogP contribution is -2.47. The Balaban J connectivity index is 1.45. The van der Waals surface area contributed by atoms with Crippen molar-refractivity contribution < 1.29 is 14.3 Å². The summed E-state index contributed by atoms with van der Waals surface area (Å²) < 4.78 is 13.3. The summed E-state index contributed by atoms with van der Waals surface area (Å²) in [5.41, 5.74) is 1.53. The van der Waals surface area contributed by atoms with Crippen LogP contribution in [0.15, 0.2) is 67.3 Å². The second-order valence-corrected chi connectivity index (χ2v) is 6.19. The molecular formula is C20H20N4O3. The topological polar surface area (TPSA) is 69.5 Å². The van der Waals surface area contributed by atoms with Gasteiger partial charge in [-0.2, -0.15) is 0 Å². The molecule has 4 rings (SSSR count). The van der Waals surface area contributed by atoms with E-state index in [1.54, 1.807) is 18.5 Å². The third-order valence-electron chi connectivity index (χ3n) is 4.38. The number of carbonyl (C=O) groups excluding carboxylic acids is 1. The van der Waals surface area contributed by atoms with Gasteiger partial charge in [0, 0.05) is 31.3 Å². The molecule has 1 amide bonds. The van der Waals surface area contributed by atoms with Gasteiger partial charge in [-0.1, -0.05) is 12.1 Å². The van der Waals surface area contributed by atoms with E-state index in [1.807, 2.05) is 58.3 Å². The Kier molecular flexibility index (Phi) is 5.11. The van der Waals surface area contributed by atoms with Gasteiger partial charge in [0.15, 0.2) is 0 Å². The van der Waals surface area contributed by atoms with Crippen molar-refractivity contribution in [1.29, 1.82) is 0 Å². The predicted octanol–water partition coefficient (Wildman–Crippen LogP) is 2.19. The Morgan fingerprint density at radius 1 is 1.11 bits per heavy atom. The molecule has 0 N–H and O–H groups in total. The fourth-order valence-corrected chi connectivity index (χ4v) is 3.08. The molecule has 7 nitrogen and oxygen atoms in total. The molecule has 1 aliphatic rings. The minimum Gasteiger partial charge on any atom is -0.461 e. The lowest BCUT2D eigenvalue weighted by atomic mass is 10.1. The van der Waals surface area contributed by atoms with Crippen LogP contribution in [0.25, 0.3) is 5.69 Å². The molecule has 1 atom stereocenters. The third kappa shape index (κ3) is 3.98. The quantitative estimate of drug-likeness (QED) is 0.694. The first-order valence-electron chi connectivity index (χ1n) is 8.84. The summed E-state index contributed by atoms with van der Waals surface area (Å²) in [5, 5.41) is 0. The highest BCUT2D eigenvalue weighted by atomic mass is 16.5. The zero-order valence-electron chi connectivity index (χ0n) is 14.8. The van der Waals surface area contributed by atoms with Gasteiger partial charge in [-0.05, 0) is 30.3 Å². The molecular weight excluding hydrogens is 344 g/mol. The zero-order chi connectivity index (χ0) is 18.5. The summed E-state index contributed by atoms with van der Waals surface area (Å²) in [7, 11) is 0. The van der Waals surface area contributed by atoms with E-state index in [4.69, 9.17) is 9.47 Å². The minimum atomic E-state index is -0.217. The molecule has 7 heteroatoms. The van der Waals surface area contributed by atoms with Crippen molar-refractivity contribution in [1.82, 2.24) is 19.4 Å². The molecule has 1 saturated heterocycles. The highest BCUT2D eigenvalue weighted by molar-refractivity contribution is 5.97. The molecule has 3 heterocycles. The van der Waals surface area contributed by atoms with E-state index in [0.717, 1.165) is 5.69 Å². The number of nitrogens with zero attached hydrogens (tertiary/aromatic N) is 4. The summed E-state index contributed by atoms with van der Waals surface area (Å²) >= 11 is 0. The van der Waals surface area contributed by atoms with Gasteiger partial charge in [-0.15, -0.1) is 0 Å². The number of amides is 1. The Bertz CT molecular complexity index is 883. The molecule has 0 bridgehead atoms. The SMILES string of the molecule is O=C(c1ccccc1-n1cccc1)N1CCOC(COc2ncccn2)C1. The molecule has 1 fully saturated rings. The summed E-state index contributed by atoms with van der Waals surface area (Å²) in [6.07, 6.45) is 6.89. The molecule has 138 valence electrons. The van der Waals surface area contributed by atoms with Gasteiger partial charge in [-0.3, -0.25) is 4.79 Å². The van der Waals surface area contributed by atoms with Crippen LogP contribution in [0.1, 0.15) is 10.4 Å². The second kappa shape index (κ2) is 8.01. The van der Waals surface area contributed by atoms with Crippen LogP contribution >= 0.6 is 0 Å². The second-order valence-electron chi connectivity index (χ2n) is 6.19. The number of ether oxygens (including phenoxy) is 2. The predicted molar refractivity (Wildman–Crippen MR) is 98.9 cm³/mol. The number of hydrogen-bond donors (Lipinski definition) is 0. The fraction of sp³-hybridized carbons (Fsp3) is 0.250. The average molecular weight is 364 g/mol. The van der Waals surface area contributed by atoms with Crippen LogP contribution in [-0.2, 0) is 4.74 Å². The Morgan fingerprint density at radius 2 is 1.89 bits per heavy atom. The number of morpholine rings is 1. The van der Waals surface area contributed by atoms with Crippen LogP contribution in [0.3, 0.4) is 0 Å². The normalized spacial score (nSPS) is 16.9. The van der Waals surface area contributed by atoms with Crippen molar-refractivity contribution >= 4 is 5.91 Å². The van der Waals surface area contributed by atoms with Crippen molar-refractivity contribution in [2.45, 2.75) is 6.10 Å². The standard InChI is InChI=1S/C20H20N4O3/c25-19(17-6-1-2-7-18(17)23-10-3-4-11-23)24-12-13-26-16(14-24)15-27-20-21-8-5-9-22-20/h1-11,16H,12-15H2. The molecule has 2 aromatic heterocycles. The van der Waals surface area contributed by atoms with Crippen LogP contribution in [-0.4, -0.2) is 57.7 Å². The maximum Gasteiger partial charge on any atom is 0.316 e. The van der Waals surface area contributed by atoms with Crippen molar-refractivity contribution in [2.24, 2.45) is 0 Å². The van der Waals surface area contributed by atoms with Gasteiger partial charge >= 0.3 is 6.01 Å². The Hall–Kier alpha value is -3.19. The van der Waals surface area contributed by atoms with Crippen molar-refractivity contribution in [3.8, 4) is 11.7 Å². The Labute approximate surface area is 157 Å². The van der Waals surface area contributed by atoms with Gasteiger partial charge in [-0.25, -0.2) is 9.97 Å². The molecule has 0 aliphatic carbocycles. The number of hydrogen-bond acceptors (Lipinski definition) is 5. The van der Waals surface area contributed by atoms with Gasteiger partial charge in [0.25, 0.3) is 5.91 Å². The van der Waals surface area contributed by atoms with E-state index in [9.17, 15) is 4.79 Å². The van der Waals surface area contributed by atoms with Crippen LogP contribution in [0.2, 0.25) is 0 Å². The number of rotatable bonds is 5. The summed E-state index contributed by atoms with van der Waals surface area (Å²) in [6.45, 7) is 1.79. The minimum absolute atomic E-state index is 0.0106. The molecule has 1 aromatic carbocycles. The van der Waals surface area contributed by atoms with Crippen LogP contribution in [0.4, 0.5) is 0 Å². The molecule has 1 aliphatic heterocycles. The van der Waals surface area contributed by atoms with E-state index in [0.29, 0.717) is 37.9 Å². The van der Waals surface area contributed by atoms with Crippen LogP contribution in [0, 0.1) is 0 Å². The van der Waals surface area contributed by atoms with Crippen LogP contribution < -0.4 is 4.74 Å².